The largest absolute Gasteiger partial charge is 0.480 e. The number of likely N-dealkylation sites (N-methyl/N-ethyl adjacent to an activating group) is 1. The summed E-state index contributed by atoms with van der Waals surface area (Å²) in [5, 5.41) is 10.4. The van der Waals surface area contributed by atoms with E-state index in [1.54, 1.807) is 0 Å². The van der Waals surface area contributed by atoms with Gasteiger partial charge in [-0.3, -0.25) is 14.5 Å². The maximum Gasteiger partial charge on any atom is 0.320 e. The molecule has 3 heterocycles. The smallest absolute Gasteiger partial charge is 0.320 e. The van der Waals surface area contributed by atoms with E-state index in [0.29, 0.717) is 25.4 Å². The van der Waals surface area contributed by atoms with Crippen molar-refractivity contribution in [1.82, 2.24) is 14.8 Å². The molecule has 3 rings (SSSR count). The highest BCUT2D eigenvalue weighted by Gasteiger charge is 2.47. The fourth-order valence-corrected chi connectivity index (χ4v) is 5.14. The standard InChI is InChI=1S/C18H27N3O3S/c1-11(2)15-19-12(3)14(25-15)16(22)21-7-5-18(6-8-21)9-13(17(23)24)20(4)10-18/h11,13H,5-10H2,1-4H3,(H,23,24)/t13-/m1/s1. The van der Waals surface area contributed by atoms with Gasteiger partial charge in [-0.1, -0.05) is 13.8 Å². The van der Waals surface area contributed by atoms with Crippen molar-refractivity contribution in [2.45, 2.75) is 52.0 Å². The molecule has 0 saturated carbocycles. The Bertz CT molecular complexity index is 677. The summed E-state index contributed by atoms with van der Waals surface area (Å²) in [5.74, 6) is -0.325. The van der Waals surface area contributed by atoms with E-state index in [1.807, 2.05) is 23.8 Å². The van der Waals surface area contributed by atoms with Crippen molar-refractivity contribution in [3.63, 3.8) is 0 Å². The second kappa shape index (κ2) is 6.68. The molecule has 0 aliphatic carbocycles. The maximum atomic E-state index is 12.9. The van der Waals surface area contributed by atoms with E-state index in [2.05, 4.69) is 18.8 Å². The molecule has 2 fully saturated rings. The predicted octanol–water partition coefficient (Wildman–Crippen LogP) is 2.59. The number of rotatable bonds is 3. The molecule has 1 spiro atoms. The number of hydrogen-bond donors (Lipinski definition) is 1. The number of carboxylic acids is 1. The molecule has 6 nitrogen and oxygen atoms in total. The Morgan fingerprint density at radius 1 is 1.32 bits per heavy atom. The summed E-state index contributed by atoms with van der Waals surface area (Å²) in [6.45, 7) is 8.30. The minimum atomic E-state index is -0.737. The number of carbonyl (C=O) groups excluding carboxylic acids is 1. The topological polar surface area (TPSA) is 73.7 Å². The number of carbonyl (C=O) groups is 2. The molecule has 0 unspecified atom stereocenters. The molecule has 7 heteroatoms. The Hall–Kier alpha value is -1.47. The molecule has 1 atom stereocenters. The number of hydrogen-bond acceptors (Lipinski definition) is 5. The summed E-state index contributed by atoms with van der Waals surface area (Å²) in [4.78, 5) is 33.4. The number of amides is 1. The van der Waals surface area contributed by atoms with Crippen molar-refractivity contribution in [3.05, 3.63) is 15.6 Å². The number of nitrogens with zero attached hydrogens (tertiary/aromatic N) is 3. The van der Waals surface area contributed by atoms with Gasteiger partial charge in [0.1, 0.15) is 10.9 Å². The van der Waals surface area contributed by atoms with Crippen molar-refractivity contribution < 1.29 is 14.7 Å². The summed E-state index contributed by atoms with van der Waals surface area (Å²) in [5.41, 5.74) is 0.867. The quantitative estimate of drug-likeness (QED) is 0.891. The van der Waals surface area contributed by atoms with Crippen LogP contribution in [0.1, 0.15) is 59.4 Å². The number of likely N-dealkylation sites (tertiary alicyclic amines) is 2. The molecular formula is C18H27N3O3S. The zero-order chi connectivity index (χ0) is 18.4. The third-order valence-electron chi connectivity index (χ3n) is 5.64. The van der Waals surface area contributed by atoms with Gasteiger partial charge in [0.15, 0.2) is 0 Å². The Kier molecular flexibility index (Phi) is 4.90. The second-order valence-electron chi connectivity index (χ2n) is 7.89. The molecule has 0 aromatic carbocycles. The molecule has 0 bridgehead atoms. The highest BCUT2D eigenvalue weighted by Crippen LogP contribution is 2.43. The highest BCUT2D eigenvalue weighted by atomic mass is 32.1. The first-order chi connectivity index (χ1) is 11.7. The maximum absolute atomic E-state index is 12.9. The minimum Gasteiger partial charge on any atom is -0.480 e. The molecule has 2 aliphatic rings. The molecule has 2 saturated heterocycles. The first-order valence-electron chi connectivity index (χ1n) is 8.92. The average molecular weight is 365 g/mol. The Labute approximate surface area is 152 Å². The van der Waals surface area contributed by atoms with Gasteiger partial charge in [-0.25, -0.2) is 4.98 Å². The highest BCUT2D eigenvalue weighted by molar-refractivity contribution is 7.13. The zero-order valence-corrected chi connectivity index (χ0v) is 16.2. The number of thiazole rings is 1. The molecule has 1 aromatic heterocycles. The van der Waals surface area contributed by atoms with Gasteiger partial charge in [-0.2, -0.15) is 0 Å². The molecule has 2 aliphatic heterocycles. The molecule has 0 radical (unpaired) electrons. The SMILES string of the molecule is Cc1nc(C(C)C)sc1C(=O)N1CCC2(CC1)C[C@H](C(=O)O)N(C)C2. The van der Waals surface area contributed by atoms with Gasteiger partial charge >= 0.3 is 5.97 Å². The fraction of sp³-hybridized carbons (Fsp3) is 0.722. The van der Waals surface area contributed by atoms with Crippen molar-refractivity contribution in [2.24, 2.45) is 5.41 Å². The fourth-order valence-electron chi connectivity index (χ4n) is 4.10. The predicted molar refractivity (Wildman–Crippen MR) is 97.2 cm³/mol. The lowest BCUT2D eigenvalue weighted by atomic mass is 9.76. The van der Waals surface area contributed by atoms with Gasteiger partial charge in [0.2, 0.25) is 0 Å². The molecule has 1 aromatic rings. The van der Waals surface area contributed by atoms with Crippen molar-refractivity contribution in [3.8, 4) is 0 Å². The molecule has 1 N–H and O–H groups in total. The second-order valence-corrected chi connectivity index (χ2v) is 8.92. The monoisotopic (exact) mass is 365 g/mol. The Morgan fingerprint density at radius 2 is 1.96 bits per heavy atom. The third kappa shape index (κ3) is 3.44. The van der Waals surface area contributed by atoms with Gasteiger partial charge < -0.3 is 10.0 Å². The van der Waals surface area contributed by atoms with Crippen LogP contribution in [0.2, 0.25) is 0 Å². The zero-order valence-electron chi connectivity index (χ0n) is 15.4. The lowest BCUT2D eigenvalue weighted by Gasteiger charge is -2.39. The lowest BCUT2D eigenvalue weighted by Crippen LogP contribution is -2.44. The lowest BCUT2D eigenvalue weighted by molar-refractivity contribution is -0.141. The van der Waals surface area contributed by atoms with Crippen LogP contribution in [0.5, 0.6) is 0 Å². The Morgan fingerprint density at radius 3 is 2.44 bits per heavy atom. The number of piperidine rings is 1. The molecule has 138 valence electrons. The average Bonchev–Trinajstić information content (AvgIpc) is 3.08. The van der Waals surface area contributed by atoms with Crippen LogP contribution in [-0.2, 0) is 4.79 Å². The van der Waals surface area contributed by atoms with Crippen LogP contribution in [0.25, 0.3) is 0 Å². The third-order valence-corrected chi connectivity index (χ3v) is 7.09. The van der Waals surface area contributed by atoms with E-state index < -0.39 is 5.97 Å². The van der Waals surface area contributed by atoms with Gasteiger partial charge in [0.05, 0.1) is 10.7 Å². The van der Waals surface area contributed by atoms with Gasteiger partial charge in [-0.15, -0.1) is 11.3 Å². The van der Waals surface area contributed by atoms with Crippen LogP contribution >= 0.6 is 11.3 Å². The normalized spacial score (nSPS) is 23.6. The number of aromatic nitrogens is 1. The summed E-state index contributed by atoms with van der Waals surface area (Å²) in [6.07, 6.45) is 2.45. The van der Waals surface area contributed by atoms with Crippen LogP contribution in [0, 0.1) is 12.3 Å². The van der Waals surface area contributed by atoms with E-state index in [0.717, 1.165) is 35.0 Å². The van der Waals surface area contributed by atoms with Crippen LogP contribution in [0.4, 0.5) is 0 Å². The van der Waals surface area contributed by atoms with E-state index in [9.17, 15) is 14.7 Å². The van der Waals surface area contributed by atoms with Crippen LogP contribution in [0.3, 0.4) is 0 Å². The van der Waals surface area contributed by atoms with Crippen LogP contribution in [0.15, 0.2) is 0 Å². The minimum absolute atomic E-state index is 0.0421. The number of aryl methyl sites for hydroxylation is 1. The number of carboxylic acid groups (broad SMARTS) is 1. The summed E-state index contributed by atoms with van der Waals surface area (Å²) < 4.78 is 0. The first kappa shape index (κ1) is 18.3. The summed E-state index contributed by atoms with van der Waals surface area (Å²) >= 11 is 1.51. The van der Waals surface area contributed by atoms with E-state index in [1.165, 1.54) is 11.3 Å². The van der Waals surface area contributed by atoms with Gasteiger partial charge in [-0.05, 0) is 38.6 Å². The van der Waals surface area contributed by atoms with Crippen LogP contribution < -0.4 is 0 Å². The van der Waals surface area contributed by atoms with Crippen LogP contribution in [-0.4, -0.2) is 64.5 Å². The molecular weight excluding hydrogens is 338 g/mol. The van der Waals surface area contributed by atoms with Gasteiger partial charge in [0.25, 0.3) is 5.91 Å². The summed E-state index contributed by atoms with van der Waals surface area (Å²) in [6, 6.07) is -0.389. The van der Waals surface area contributed by atoms with Crippen molar-refractivity contribution >= 4 is 23.2 Å². The number of aliphatic carboxylic acids is 1. The summed E-state index contributed by atoms with van der Waals surface area (Å²) in [7, 11) is 1.89. The Balaban J connectivity index is 1.67. The van der Waals surface area contributed by atoms with Crippen molar-refractivity contribution in [2.75, 3.05) is 26.7 Å². The van der Waals surface area contributed by atoms with E-state index >= 15 is 0 Å². The van der Waals surface area contributed by atoms with Crippen molar-refractivity contribution in [1.29, 1.82) is 0 Å². The molecule has 1 amide bonds. The van der Waals surface area contributed by atoms with E-state index in [-0.39, 0.29) is 17.4 Å². The first-order valence-corrected chi connectivity index (χ1v) is 9.74. The van der Waals surface area contributed by atoms with Gasteiger partial charge in [0, 0.05) is 25.6 Å². The van der Waals surface area contributed by atoms with E-state index in [4.69, 9.17) is 0 Å². The molecule has 25 heavy (non-hydrogen) atoms.